The second-order valence-corrected chi connectivity index (χ2v) is 5.35. The molecule has 0 fully saturated rings. The van der Waals surface area contributed by atoms with Gasteiger partial charge in [0.05, 0.1) is 17.3 Å². The third-order valence-corrected chi connectivity index (χ3v) is 3.52. The first-order chi connectivity index (χ1) is 11.7. The van der Waals surface area contributed by atoms with Crippen molar-refractivity contribution in [2.45, 2.75) is 32.8 Å². The van der Waals surface area contributed by atoms with Gasteiger partial charge in [-0.3, -0.25) is 4.98 Å². The highest BCUT2D eigenvalue weighted by molar-refractivity contribution is 5.81. The van der Waals surface area contributed by atoms with E-state index in [9.17, 15) is 4.79 Å². The van der Waals surface area contributed by atoms with Crippen molar-refractivity contribution in [2.24, 2.45) is 0 Å². The quantitative estimate of drug-likeness (QED) is 0.430. The average Bonchev–Trinajstić information content (AvgIpc) is 2.64. The molecule has 0 saturated heterocycles. The fourth-order valence-electron chi connectivity index (χ4n) is 2.20. The highest BCUT2D eigenvalue weighted by Gasteiger charge is 2.05. The van der Waals surface area contributed by atoms with Crippen LogP contribution in [0, 0.1) is 11.3 Å². The Bertz CT molecular complexity index is 743. The van der Waals surface area contributed by atoms with Crippen molar-refractivity contribution < 1.29 is 9.53 Å². The zero-order valence-corrected chi connectivity index (χ0v) is 13.7. The number of benzene rings is 1. The minimum Gasteiger partial charge on any atom is -0.456 e. The molecule has 1 aromatic heterocycles. The van der Waals surface area contributed by atoms with E-state index in [0.29, 0.717) is 11.3 Å². The van der Waals surface area contributed by atoms with Gasteiger partial charge < -0.3 is 4.74 Å². The fourth-order valence-corrected chi connectivity index (χ4v) is 2.20. The lowest BCUT2D eigenvalue weighted by Gasteiger charge is -2.05. The van der Waals surface area contributed by atoms with E-state index in [-0.39, 0.29) is 12.6 Å². The molecule has 2 aromatic rings. The predicted octanol–water partition coefficient (Wildman–Crippen LogP) is 4.41. The van der Waals surface area contributed by atoms with Crippen LogP contribution in [0.15, 0.2) is 54.7 Å². The van der Waals surface area contributed by atoms with Crippen LogP contribution >= 0.6 is 0 Å². The third kappa shape index (κ3) is 5.06. The molecule has 0 aliphatic heterocycles. The van der Waals surface area contributed by atoms with Gasteiger partial charge in [-0.1, -0.05) is 50.1 Å². The molecule has 24 heavy (non-hydrogen) atoms. The molecule has 0 aliphatic carbocycles. The van der Waals surface area contributed by atoms with E-state index < -0.39 is 0 Å². The summed E-state index contributed by atoms with van der Waals surface area (Å²) in [6.45, 7) is 2.24. The molecule has 2 rings (SSSR count). The number of allylic oxidation sites excluding steroid dienone is 1. The molecule has 1 heterocycles. The van der Waals surface area contributed by atoms with Crippen LogP contribution in [-0.2, 0) is 16.1 Å². The Morgan fingerprint density at radius 1 is 1.29 bits per heavy atom. The summed E-state index contributed by atoms with van der Waals surface area (Å²) in [6.07, 6.45) is 8.04. The Morgan fingerprint density at radius 3 is 2.83 bits per heavy atom. The second-order valence-electron chi connectivity index (χ2n) is 5.35. The van der Waals surface area contributed by atoms with Gasteiger partial charge in [0.15, 0.2) is 0 Å². The maximum Gasteiger partial charge on any atom is 0.330 e. The van der Waals surface area contributed by atoms with Gasteiger partial charge >= 0.3 is 5.97 Å². The first-order valence-electron chi connectivity index (χ1n) is 8.02. The van der Waals surface area contributed by atoms with Gasteiger partial charge in [-0.2, -0.15) is 5.26 Å². The Morgan fingerprint density at radius 2 is 2.12 bits per heavy atom. The van der Waals surface area contributed by atoms with Crippen molar-refractivity contribution in [3.05, 3.63) is 66.0 Å². The van der Waals surface area contributed by atoms with Crippen LogP contribution in [0.4, 0.5) is 0 Å². The first kappa shape index (κ1) is 17.4. The van der Waals surface area contributed by atoms with Gasteiger partial charge in [-0.15, -0.1) is 0 Å². The number of carbonyl (C=O) groups excluding carboxylic acids is 1. The molecule has 0 saturated carbocycles. The predicted molar refractivity (Wildman–Crippen MR) is 92.8 cm³/mol. The van der Waals surface area contributed by atoms with Gasteiger partial charge in [0.2, 0.25) is 0 Å². The Labute approximate surface area is 142 Å². The molecule has 0 bridgehead atoms. The molecule has 0 aliphatic rings. The van der Waals surface area contributed by atoms with Gasteiger partial charge in [0.25, 0.3) is 0 Å². The number of hydrogen-bond donors (Lipinski definition) is 0. The lowest BCUT2D eigenvalue weighted by molar-refractivity contribution is -0.139. The molecule has 0 unspecified atom stereocenters. The van der Waals surface area contributed by atoms with Crippen LogP contribution in [0.2, 0.25) is 0 Å². The lowest BCUT2D eigenvalue weighted by Crippen LogP contribution is -2.02. The highest BCUT2D eigenvalue weighted by Crippen LogP contribution is 2.22. The fraction of sp³-hybridized carbons (Fsp3) is 0.250. The van der Waals surface area contributed by atoms with Crippen molar-refractivity contribution in [2.75, 3.05) is 0 Å². The standard InChI is InChI=1S/C20H20N2O2/c1-2-3-4-5-10-20(23)24-15-18-12-11-17(14-22-18)19-9-7-6-8-16(19)13-21/h5-12,14H,2-4,15H2,1H3. The van der Waals surface area contributed by atoms with E-state index in [1.165, 1.54) is 6.08 Å². The average molecular weight is 320 g/mol. The molecule has 1 aromatic carbocycles. The first-order valence-corrected chi connectivity index (χ1v) is 8.02. The number of nitriles is 1. The van der Waals surface area contributed by atoms with Gasteiger partial charge in [-0.25, -0.2) is 4.79 Å². The summed E-state index contributed by atoms with van der Waals surface area (Å²) < 4.78 is 5.16. The molecule has 122 valence electrons. The summed E-state index contributed by atoms with van der Waals surface area (Å²) in [5, 5.41) is 9.15. The summed E-state index contributed by atoms with van der Waals surface area (Å²) in [7, 11) is 0. The number of hydrogen-bond acceptors (Lipinski definition) is 4. The molecule has 0 N–H and O–H groups in total. The lowest BCUT2D eigenvalue weighted by atomic mass is 10.0. The van der Waals surface area contributed by atoms with Crippen molar-refractivity contribution in [3.8, 4) is 17.2 Å². The van der Waals surface area contributed by atoms with E-state index in [1.54, 1.807) is 18.3 Å². The Hall–Kier alpha value is -2.93. The largest absolute Gasteiger partial charge is 0.456 e. The zero-order chi connectivity index (χ0) is 17.2. The molecular formula is C20H20N2O2. The van der Waals surface area contributed by atoms with Crippen molar-refractivity contribution in [1.82, 2.24) is 4.98 Å². The minimum atomic E-state index is -0.355. The van der Waals surface area contributed by atoms with Gasteiger partial charge in [0, 0.05) is 23.4 Å². The van der Waals surface area contributed by atoms with E-state index in [0.717, 1.165) is 30.4 Å². The number of aromatic nitrogens is 1. The number of pyridine rings is 1. The number of carbonyl (C=O) groups is 1. The minimum absolute atomic E-state index is 0.136. The number of unbranched alkanes of at least 4 members (excludes halogenated alkanes) is 2. The number of rotatable bonds is 7. The summed E-state index contributed by atoms with van der Waals surface area (Å²) in [4.78, 5) is 15.9. The van der Waals surface area contributed by atoms with Crippen LogP contribution in [-0.4, -0.2) is 11.0 Å². The number of ether oxygens (including phenoxy) is 1. The number of nitrogens with zero attached hydrogens (tertiary/aromatic N) is 2. The molecule has 0 radical (unpaired) electrons. The molecule has 0 spiro atoms. The molecule has 0 atom stereocenters. The summed E-state index contributed by atoms with van der Waals surface area (Å²) in [5.41, 5.74) is 2.98. The zero-order valence-electron chi connectivity index (χ0n) is 13.7. The SMILES string of the molecule is CCCCC=CC(=O)OCc1ccc(-c2ccccc2C#N)cn1. The van der Waals surface area contributed by atoms with E-state index in [1.807, 2.05) is 30.3 Å². The maximum atomic E-state index is 11.6. The molecule has 0 amide bonds. The van der Waals surface area contributed by atoms with Crippen LogP contribution < -0.4 is 0 Å². The van der Waals surface area contributed by atoms with Crippen molar-refractivity contribution in [3.63, 3.8) is 0 Å². The van der Waals surface area contributed by atoms with E-state index in [4.69, 9.17) is 10.00 Å². The van der Waals surface area contributed by atoms with Crippen molar-refractivity contribution >= 4 is 5.97 Å². The normalized spacial score (nSPS) is 10.5. The van der Waals surface area contributed by atoms with Crippen LogP contribution in [0.1, 0.15) is 37.4 Å². The molecule has 4 heteroatoms. The summed E-state index contributed by atoms with van der Waals surface area (Å²) in [6, 6.07) is 13.2. The third-order valence-electron chi connectivity index (χ3n) is 3.52. The van der Waals surface area contributed by atoms with Crippen LogP contribution in [0.25, 0.3) is 11.1 Å². The second kappa shape index (κ2) is 9.26. The van der Waals surface area contributed by atoms with Gasteiger partial charge in [0.1, 0.15) is 6.61 Å². The number of esters is 1. The van der Waals surface area contributed by atoms with Gasteiger partial charge in [-0.05, 0) is 18.6 Å². The molecular weight excluding hydrogens is 300 g/mol. The monoisotopic (exact) mass is 320 g/mol. The van der Waals surface area contributed by atoms with Crippen molar-refractivity contribution in [1.29, 1.82) is 5.26 Å². The maximum absolute atomic E-state index is 11.6. The Kier molecular flexibility index (Phi) is 6.73. The summed E-state index contributed by atoms with van der Waals surface area (Å²) >= 11 is 0. The molecule has 4 nitrogen and oxygen atoms in total. The Balaban J connectivity index is 1.94. The van der Waals surface area contributed by atoms with E-state index in [2.05, 4.69) is 18.0 Å². The summed E-state index contributed by atoms with van der Waals surface area (Å²) in [5.74, 6) is -0.355. The van der Waals surface area contributed by atoms with E-state index >= 15 is 0 Å². The van der Waals surface area contributed by atoms with Crippen LogP contribution in [0.5, 0.6) is 0 Å². The topological polar surface area (TPSA) is 63.0 Å². The highest BCUT2D eigenvalue weighted by atomic mass is 16.5. The van der Waals surface area contributed by atoms with Crippen LogP contribution in [0.3, 0.4) is 0 Å². The smallest absolute Gasteiger partial charge is 0.330 e.